The average Bonchev–Trinajstić information content (AvgIpc) is 3.18. The van der Waals surface area contributed by atoms with Gasteiger partial charge in [-0.2, -0.15) is 0 Å². The highest BCUT2D eigenvalue weighted by Gasteiger charge is 2.36. The van der Waals surface area contributed by atoms with Gasteiger partial charge in [-0.1, -0.05) is 0 Å². The van der Waals surface area contributed by atoms with Gasteiger partial charge < -0.3 is 29.3 Å². The summed E-state index contributed by atoms with van der Waals surface area (Å²) >= 11 is 0. The lowest BCUT2D eigenvalue weighted by Crippen LogP contribution is -2.54. The van der Waals surface area contributed by atoms with Crippen LogP contribution in [0.15, 0.2) is 45.7 Å². The second kappa shape index (κ2) is 9.09. The number of rotatable bonds is 7. The second-order valence-electron chi connectivity index (χ2n) is 7.62. The Labute approximate surface area is 181 Å². The van der Waals surface area contributed by atoms with Crippen molar-refractivity contribution < 1.29 is 32.6 Å². The number of H-pyrrole nitrogens is 1. The Morgan fingerprint density at radius 2 is 2.06 bits per heavy atom. The van der Waals surface area contributed by atoms with Gasteiger partial charge in [0, 0.05) is 24.8 Å². The first kappa shape index (κ1) is 22.0. The SMILES string of the molecule is O=C(NC1(CO)CCOCC1)c1c(C(F)F)oc2ccc(OCc3ccc[nH]c3=O)cc12. The molecule has 0 unspecified atom stereocenters. The van der Waals surface area contributed by atoms with Crippen LogP contribution < -0.4 is 15.6 Å². The summed E-state index contributed by atoms with van der Waals surface area (Å²) in [5.74, 6) is -1.25. The molecular formula is C22H22F2N2O6. The van der Waals surface area contributed by atoms with E-state index in [0.29, 0.717) is 31.6 Å². The largest absolute Gasteiger partial charge is 0.489 e. The molecule has 2 aromatic heterocycles. The molecule has 3 N–H and O–H groups in total. The van der Waals surface area contributed by atoms with E-state index in [1.807, 2.05) is 0 Å². The predicted octanol–water partition coefficient (Wildman–Crippen LogP) is 2.91. The molecule has 1 aliphatic rings. The first-order chi connectivity index (χ1) is 15.4. The molecular weight excluding hydrogens is 426 g/mol. The van der Waals surface area contributed by atoms with E-state index in [2.05, 4.69) is 10.3 Å². The van der Waals surface area contributed by atoms with Crippen molar-refractivity contribution in [1.29, 1.82) is 0 Å². The molecule has 1 saturated heterocycles. The first-order valence-electron chi connectivity index (χ1n) is 10.1. The Balaban J connectivity index is 1.66. The van der Waals surface area contributed by atoms with Gasteiger partial charge in [0.15, 0.2) is 5.76 Å². The molecule has 1 fully saturated rings. The Hall–Kier alpha value is -3.24. The fraction of sp³-hybridized carbons (Fsp3) is 0.364. The summed E-state index contributed by atoms with van der Waals surface area (Å²) in [6.07, 6.45) is -0.808. The minimum Gasteiger partial charge on any atom is -0.489 e. The van der Waals surface area contributed by atoms with Crippen LogP contribution in [0.2, 0.25) is 0 Å². The number of benzene rings is 1. The molecule has 8 nitrogen and oxygen atoms in total. The van der Waals surface area contributed by atoms with E-state index >= 15 is 0 Å². The zero-order chi connectivity index (χ0) is 22.7. The van der Waals surface area contributed by atoms with Crippen LogP contribution in [-0.4, -0.2) is 41.4 Å². The maximum atomic E-state index is 13.7. The predicted molar refractivity (Wildman–Crippen MR) is 110 cm³/mol. The number of hydrogen-bond donors (Lipinski definition) is 3. The van der Waals surface area contributed by atoms with Crippen molar-refractivity contribution in [3.63, 3.8) is 0 Å². The summed E-state index contributed by atoms with van der Waals surface area (Å²) in [6.45, 7) is 0.287. The number of amides is 1. The van der Waals surface area contributed by atoms with Crippen molar-refractivity contribution in [1.82, 2.24) is 10.3 Å². The number of aliphatic hydroxyl groups is 1. The third-order valence-corrected chi connectivity index (χ3v) is 5.54. The summed E-state index contributed by atoms with van der Waals surface area (Å²) in [5, 5.41) is 12.7. The summed E-state index contributed by atoms with van der Waals surface area (Å²) in [5.41, 5.74) is -1.09. The maximum Gasteiger partial charge on any atom is 0.296 e. The van der Waals surface area contributed by atoms with Crippen molar-refractivity contribution in [3.05, 3.63) is 63.8 Å². The molecule has 3 aromatic rings. The van der Waals surface area contributed by atoms with Gasteiger partial charge in [0.1, 0.15) is 17.9 Å². The van der Waals surface area contributed by atoms with E-state index in [9.17, 15) is 23.5 Å². The monoisotopic (exact) mass is 448 g/mol. The number of nitrogens with one attached hydrogen (secondary N) is 2. The Kier molecular flexibility index (Phi) is 6.24. The van der Waals surface area contributed by atoms with Crippen LogP contribution in [0.5, 0.6) is 5.75 Å². The van der Waals surface area contributed by atoms with E-state index in [4.69, 9.17) is 13.9 Å². The number of ether oxygens (including phenoxy) is 2. The summed E-state index contributed by atoms with van der Waals surface area (Å²) in [4.78, 5) is 27.4. The van der Waals surface area contributed by atoms with Crippen LogP contribution in [0.1, 0.15) is 40.9 Å². The summed E-state index contributed by atoms with van der Waals surface area (Å²) in [7, 11) is 0. The number of fused-ring (bicyclic) bond motifs is 1. The fourth-order valence-corrected chi connectivity index (χ4v) is 3.69. The molecule has 0 saturated carbocycles. The Morgan fingerprint density at radius 3 is 2.75 bits per heavy atom. The molecule has 0 atom stereocenters. The number of carbonyl (C=O) groups excluding carboxylic acids is 1. The molecule has 170 valence electrons. The van der Waals surface area contributed by atoms with Gasteiger partial charge in [-0.15, -0.1) is 0 Å². The second-order valence-corrected chi connectivity index (χ2v) is 7.62. The standard InChI is InChI=1S/C22H22F2N2O6/c23-19(24)18-17(21(29)26-22(12-27)5-8-30-9-6-22)15-10-14(3-4-16(15)32-18)31-11-13-2-1-7-25-20(13)28/h1-4,7,10,19,27H,5-6,8-9,11-12H2,(H,25,28)(H,26,29). The minimum atomic E-state index is -3.02. The average molecular weight is 448 g/mol. The van der Waals surface area contributed by atoms with Crippen molar-refractivity contribution in [2.45, 2.75) is 31.4 Å². The summed E-state index contributed by atoms with van der Waals surface area (Å²) in [6, 6.07) is 7.62. The molecule has 1 aromatic carbocycles. The third kappa shape index (κ3) is 4.37. The molecule has 1 amide bonds. The van der Waals surface area contributed by atoms with Gasteiger partial charge in [0.05, 0.1) is 23.3 Å². The van der Waals surface area contributed by atoms with Crippen LogP contribution in [0.4, 0.5) is 8.78 Å². The van der Waals surface area contributed by atoms with Crippen molar-refractivity contribution in [3.8, 4) is 5.75 Å². The zero-order valence-corrected chi connectivity index (χ0v) is 17.0. The molecule has 0 radical (unpaired) electrons. The Bertz CT molecular complexity index is 1170. The number of alkyl halides is 2. The molecule has 0 aliphatic carbocycles. The number of carbonyl (C=O) groups is 1. The smallest absolute Gasteiger partial charge is 0.296 e. The minimum absolute atomic E-state index is 0.0452. The van der Waals surface area contributed by atoms with E-state index in [0.717, 1.165) is 0 Å². The van der Waals surface area contributed by atoms with Crippen molar-refractivity contribution in [2.75, 3.05) is 19.8 Å². The third-order valence-electron chi connectivity index (χ3n) is 5.54. The molecule has 4 rings (SSSR count). The number of halogens is 2. The topological polar surface area (TPSA) is 114 Å². The summed E-state index contributed by atoms with van der Waals surface area (Å²) < 4.78 is 43.5. The van der Waals surface area contributed by atoms with Crippen LogP contribution >= 0.6 is 0 Å². The highest BCUT2D eigenvalue weighted by atomic mass is 19.3. The van der Waals surface area contributed by atoms with Crippen LogP contribution in [0.3, 0.4) is 0 Å². The van der Waals surface area contributed by atoms with E-state index < -0.39 is 23.6 Å². The van der Waals surface area contributed by atoms with Crippen LogP contribution in [-0.2, 0) is 11.3 Å². The number of hydrogen-bond acceptors (Lipinski definition) is 6. The number of aromatic nitrogens is 1. The van der Waals surface area contributed by atoms with Crippen LogP contribution in [0.25, 0.3) is 11.0 Å². The lowest BCUT2D eigenvalue weighted by atomic mass is 9.90. The lowest BCUT2D eigenvalue weighted by Gasteiger charge is -2.36. The van der Waals surface area contributed by atoms with Gasteiger partial charge in [0.25, 0.3) is 17.9 Å². The molecule has 3 heterocycles. The highest BCUT2D eigenvalue weighted by molar-refractivity contribution is 6.08. The molecule has 1 aliphatic heterocycles. The van der Waals surface area contributed by atoms with Crippen LogP contribution in [0, 0.1) is 0 Å². The highest BCUT2D eigenvalue weighted by Crippen LogP contribution is 2.35. The number of aliphatic hydroxyl groups excluding tert-OH is 1. The van der Waals surface area contributed by atoms with Gasteiger partial charge >= 0.3 is 0 Å². The van der Waals surface area contributed by atoms with Crippen molar-refractivity contribution >= 4 is 16.9 Å². The van der Waals surface area contributed by atoms with E-state index in [1.165, 1.54) is 24.4 Å². The fourth-order valence-electron chi connectivity index (χ4n) is 3.69. The number of pyridine rings is 1. The van der Waals surface area contributed by atoms with Gasteiger partial charge in [-0.25, -0.2) is 8.78 Å². The van der Waals surface area contributed by atoms with E-state index in [-0.39, 0.29) is 41.1 Å². The molecule has 0 bridgehead atoms. The lowest BCUT2D eigenvalue weighted by molar-refractivity contribution is 0.0124. The van der Waals surface area contributed by atoms with Gasteiger partial charge in [-0.05, 0) is 43.2 Å². The first-order valence-corrected chi connectivity index (χ1v) is 10.1. The van der Waals surface area contributed by atoms with Gasteiger partial charge in [-0.3, -0.25) is 9.59 Å². The van der Waals surface area contributed by atoms with Gasteiger partial charge in [0.2, 0.25) is 0 Å². The zero-order valence-electron chi connectivity index (χ0n) is 17.0. The van der Waals surface area contributed by atoms with Crippen molar-refractivity contribution in [2.24, 2.45) is 0 Å². The molecule has 32 heavy (non-hydrogen) atoms. The molecule has 10 heteroatoms. The quantitative estimate of drug-likeness (QED) is 0.512. The maximum absolute atomic E-state index is 13.7. The normalized spacial score (nSPS) is 15.8. The number of aromatic amines is 1. The van der Waals surface area contributed by atoms with E-state index in [1.54, 1.807) is 12.1 Å². The number of furan rings is 1. The molecule has 0 spiro atoms. The Morgan fingerprint density at radius 1 is 1.28 bits per heavy atom.